The molecule has 1 rings (SSSR count). The van der Waals surface area contributed by atoms with E-state index in [-0.39, 0.29) is 5.56 Å². The summed E-state index contributed by atoms with van der Waals surface area (Å²) in [6, 6.07) is 2.10. The van der Waals surface area contributed by atoms with Gasteiger partial charge < -0.3 is 9.84 Å². The molecule has 0 aliphatic carbocycles. The van der Waals surface area contributed by atoms with Crippen molar-refractivity contribution in [2.75, 3.05) is 13.2 Å². The highest BCUT2D eigenvalue weighted by molar-refractivity contribution is 5.28. The number of hydrogen-bond acceptors (Lipinski definition) is 2. The van der Waals surface area contributed by atoms with Crippen molar-refractivity contribution in [3.63, 3.8) is 0 Å². The predicted octanol–water partition coefficient (Wildman–Crippen LogP) is 2.89. The standard InChI is InChI=1S/C11H11F5O2/c1-6-2-3-7(12)9(10(6)13)8(17)4-18-5-11(14,15)16/h2-3,8,17H,4-5H2,1H3. The highest BCUT2D eigenvalue weighted by Gasteiger charge is 2.28. The Labute approximate surface area is 100.0 Å². The zero-order chi connectivity index (χ0) is 13.9. The first-order valence-electron chi connectivity index (χ1n) is 4.99. The molecule has 0 bridgehead atoms. The number of aliphatic hydroxyl groups excluding tert-OH is 1. The number of ether oxygens (including phenoxy) is 1. The molecule has 0 aliphatic rings. The van der Waals surface area contributed by atoms with Gasteiger partial charge in [-0.3, -0.25) is 0 Å². The van der Waals surface area contributed by atoms with Gasteiger partial charge in [-0.1, -0.05) is 6.07 Å². The van der Waals surface area contributed by atoms with Crippen molar-refractivity contribution >= 4 is 0 Å². The number of hydrogen-bond donors (Lipinski definition) is 1. The maximum atomic E-state index is 13.5. The van der Waals surface area contributed by atoms with Crippen LogP contribution >= 0.6 is 0 Å². The Morgan fingerprint density at radius 3 is 2.44 bits per heavy atom. The van der Waals surface area contributed by atoms with Gasteiger partial charge in [-0.15, -0.1) is 0 Å². The minimum atomic E-state index is -4.55. The fourth-order valence-corrected chi connectivity index (χ4v) is 1.35. The maximum absolute atomic E-state index is 13.5. The second-order valence-electron chi connectivity index (χ2n) is 3.74. The van der Waals surface area contributed by atoms with E-state index in [9.17, 15) is 27.1 Å². The summed E-state index contributed by atoms with van der Waals surface area (Å²) in [4.78, 5) is 0. The molecule has 0 aliphatic heterocycles. The molecule has 0 spiro atoms. The molecule has 0 amide bonds. The summed E-state index contributed by atoms with van der Waals surface area (Å²) in [5.41, 5.74) is -0.599. The normalized spacial score (nSPS) is 13.7. The molecule has 0 aromatic heterocycles. The first-order chi connectivity index (χ1) is 8.22. The lowest BCUT2D eigenvalue weighted by atomic mass is 10.1. The maximum Gasteiger partial charge on any atom is 0.411 e. The number of aliphatic hydroxyl groups is 1. The lowest BCUT2D eigenvalue weighted by molar-refractivity contribution is -0.179. The first kappa shape index (κ1) is 14.8. The highest BCUT2D eigenvalue weighted by Crippen LogP contribution is 2.24. The van der Waals surface area contributed by atoms with Gasteiger partial charge >= 0.3 is 6.18 Å². The third kappa shape index (κ3) is 3.92. The van der Waals surface area contributed by atoms with Crippen LogP contribution < -0.4 is 0 Å². The van der Waals surface area contributed by atoms with E-state index in [0.717, 1.165) is 12.1 Å². The van der Waals surface area contributed by atoms with Crippen molar-refractivity contribution in [2.24, 2.45) is 0 Å². The molecule has 1 aromatic rings. The van der Waals surface area contributed by atoms with Crippen molar-refractivity contribution < 1.29 is 31.8 Å². The molecule has 2 nitrogen and oxygen atoms in total. The number of alkyl halides is 3. The van der Waals surface area contributed by atoms with Crippen LogP contribution in [0.25, 0.3) is 0 Å². The zero-order valence-corrected chi connectivity index (χ0v) is 9.39. The van der Waals surface area contributed by atoms with Gasteiger partial charge in [0.25, 0.3) is 0 Å². The van der Waals surface area contributed by atoms with E-state index in [0.29, 0.717) is 0 Å². The van der Waals surface area contributed by atoms with Crippen LogP contribution in [0.2, 0.25) is 0 Å². The Bertz CT molecular complexity index is 417. The van der Waals surface area contributed by atoms with E-state index in [1.165, 1.54) is 6.92 Å². The minimum Gasteiger partial charge on any atom is -0.386 e. The summed E-state index contributed by atoms with van der Waals surface area (Å²) in [7, 11) is 0. The predicted molar refractivity (Wildman–Crippen MR) is 52.9 cm³/mol. The Balaban J connectivity index is 2.73. The van der Waals surface area contributed by atoms with E-state index in [2.05, 4.69) is 4.74 Å². The summed E-state index contributed by atoms with van der Waals surface area (Å²) >= 11 is 0. The molecule has 0 radical (unpaired) electrons. The van der Waals surface area contributed by atoms with Gasteiger partial charge in [0.2, 0.25) is 0 Å². The molecule has 0 heterocycles. The summed E-state index contributed by atoms with van der Waals surface area (Å²) in [5.74, 6) is -2.01. The molecule has 18 heavy (non-hydrogen) atoms. The molecule has 102 valence electrons. The molecular formula is C11H11F5O2. The van der Waals surface area contributed by atoms with Crippen LogP contribution in [0.3, 0.4) is 0 Å². The lowest BCUT2D eigenvalue weighted by Crippen LogP contribution is -2.20. The Morgan fingerprint density at radius 1 is 1.28 bits per heavy atom. The van der Waals surface area contributed by atoms with Gasteiger partial charge in [-0.2, -0.15) is 13.2 Å². The number of benzene rings is 1. The van der Waals surface area contributed by atoms with Gasteiger partial charge in [0.15, 0.2) is 0 Å². The summed E-state index contributed by atoms with van der Waals surface area (Å²) in [6.07, 6.45) is -6.34. The number of aryl methyl sites for hydroxylation is 1. The molecule has 1 atom stereocenters. The van der Waals surface area contributed by atoms with Crippen molar-refractivity contribution in [1.82, 2.24) is 0 Å². The lowest BCUT2D eigenvalue weighted by Gasteiger charge is -2.15. The molecule has 1 N–H and O–H groups in total. The van der Waals surface area contributed by atoms with Crippen molar-refractivity contribution in [1.29, 1.82) is 0 Å². The highest BCUT2D eigenvalue weighted by atomic mass is 19.4. The Morgan fingerprint density at radius 2 is 1.89 bits per heavy atom. The molecular weight excluding hydrogens is 259 g/mol. The topological polar surface area (TPSA) is 29.5 Å². The number of rotatable bonds is 4. The number of halogens is 5. The SMILES string of the molecule is Cc1ccc(F)c(C(O)COCC(F)(F)F)c1F. The van der Waals surface area contributed by atoms with Crippen LogP contribution in [0.4, 0.5) is 22.0 Å². The van der Waals surface area contributed by atoms with Crippen LogP contribution in [0.1, 0.15) is 17.2 Å². The van der Waals surface area contributed by atoms with Gasteiger partial charge in [0.1, 0.15) is 24.3 Å². The first-order valence-corrected chi connectivity index (χ1v) is 4.99. The molecule has 0 saturated carbocycles. The Kier molecular flexibility index (Phi) is 4.64. The van der Waals surface area contributed by atoms with E-state index < -0.39 is 42.7 Å². The second-order valence-corrected chi connectivity index (χ2v) is 3.74. The van der Waals surface area contributed by atoms with Crippen LogP contribution in [0.15, 0.2) is 12.1 Å². The van der Waals surface area contributed by atoms with Gasteiger partial charge in [-0.25, -0.2) is 8.78 Å². The van der Waals surface area contributed by atoms with Crippen LogP contribution in [0, 0.1) is 18.6 Å². The largest absolute Gasteiger partial charge is 0.411 e. The fraction of sp³-hybridized carbons (Fsp3) is 0.455. The third-order valence-corrected chi connectivity index (χ3v) is 2.19. The minimum absolute atomic E-state index is 0.0845. The summed E-state index contributed by atoms with van der Waals surface area (Å²) in [6.45, 7) is -1.07. The van der Waals surface area contributed by atoms with Gasteiger partial charge in [0, 0.05) is 0 Å². The van der Waals surface area contributed by atoms with Crippen molar-refractivity contribution in [3.05, 3.63) is 34.9 Å². The van der Waals surface area contributed by atoms with Gasteiger partial charge in [-0.05, 0) is 18.6 Å². The van der Waals surface area contributed by atoms with Crippen LogP contribution in [0.5, 0.6) is 0 Å². The smallest absolute Gasteiger partial charge is 0.386 e. The zero-order valence-electron chi connectivity index (χ0n) is 9.39. The molecule has 0 saturated heterocycles. The monoisotopic (exact) mass is 270 g/mol. The molecule has 7 heteroatoms. The molecule has 0 fully saturated rings. The third-order valence-electron chi connectivity index (χ3n) is 2.19. The summed E-state index contributed by atoms with van der Waals surface area (Å²) in [5, 5.41) is 9.43. The second kappa shape index (κ2) is 5.62. The fourth-order valence-electron chi connectivity index (χ4n) is 1.35. The van der Waals surface area contributed by atoms with E-state index >= 15 is 0 Å². The average molecular weight is 270 g/mol. The van der Waals surface area contributed by atoms with Crippen LogP contribution in [-0.4, -0.2) is 24.5 Å². The summed E-state index contributed by atoms with van der Waals surface area (Å²) < 4.78 is 66.2. The molecule has 1 unspecified atom stereocenters. The van der Waals surface area contributed by atoms with E-state index in [1.54, 1.807) is 0 Å². The van der Waals surface area contributed by atoms with Crippen molar-refractivity contribution in [2.45, 2.75) is 19.2 Å². The van der Waals surface area contributed by atoms with E-state index in [4.69, 9.17) is 0 Å². The average Bonchev–Trinajstić information content (AvgIpc) is 2.22. The quantitative estimate of drug-likeness (QED) is 0.852. The molecule has 1 aromatic carbocycles. The van der Waals surface area contributed by atoms with Gasteiger partial charge in [0.05, 0.1) is 12.2 Å². The van der Waals surface area contributed by atoms with E-state index in [1.807, 2.05) is 0 Å². The van der Waals surface area contributed by atoms with Crippen molar-refractivity contribution in [3.8, 4) is 0 Å². The van der Waals surface area contributed by atoms with Crippen LogP contribution in [-0.2, 0) is 4.74 Å². The Hall–Kier alpha value is -1.21.